The number of aromatic carboxylic acids is 1. The van der Waals surface area contributed by atoms with E-state index in [1.54, 1.807) is 12.2 Å². The van der Waals surface area contributed by atoms with Crippen molar-refractivity contribution in [2.45, 2.75) is 25.2 Å². The molecule has 0 saturated carbocycles. The lowest BCUT2D eigenvalue weighted by Crippen LogP contribution is -2.39. The summed E-state index contributed by atoms with van der Waals surface area (Å²) in [5.74, 6) is -9.42. The van der Waals surface area contributed by atoms with Gasteiger partial charge < -0.3 is 15.2 Å². The quantitative estimate of drug-likeness (QED) is 0.414. The summed E-state index contributed by atoms with van der Waals surface area (Å²) < 4.78 is 54.6. The van der Waals surface area contributed by atoms with Gasteiger partial charge in [0, 0.05) is 5.69 Å². The fraction of sp³-hybridized carbons (Fsp3) is 0.389. The lowest BCUT2D eigenvalue weighted by atomic mass is 9.82. The summed E-state index contributed by atoms with van der Waals surface area (Å²) in [6, 6.07) is 5.26. The number of benzene rings is 1. The summed E-state index contributed by atoms with van der Waals surface area (Å²) in [7, 11) is 0. The zero-order valence-corrected chi connectivity index (χ0v) is 14.4. The van der Waals surface area contributed by atoms with Crippen LogP contribution in [0.2, 0.25) is 0 Å². The molecule has 0 saturated heterocycles. The van der Waals surface area contributed by atoms with E-state index in [4.69, 9.17) is 5.11 Å². The first-order valence-electron chi connectivity index (χ1n) is 8.23. The van der Waals surface area contributed by atoms with Crippen LogP contribution in [0.15, 0.2) is 36.4 Å². The lowest BCUT2D eigenvalue weighted by Gasteiger charge is -2.26. The van der Waals surface area contributed by atoms with Gasteiger partial charge in [0.15, 0.2) is 6.61 Å². The predicted octanol–water partition coefficient (Wildman–Crippen LogP) is 3.35. The van der Waals surface area contributed by atoms with Gasteiger partial charge in [0.05, 0.1) is 17.4 Å². The minimum Gasteiger partial charge on any atom is -0.478 e. The molecule has 28 heavy (non-hydrogen) atoms. The first-order valence-corrected chi connectivity index (χ1v) is 8.23. The third-order valence-corrected chi connectivity index (χ3v) is 4.20. The molecule has 0 fully saturated rings. The van der Waals surface area contributed by atoms with E-state index in [1.807, 2.05) is 0 Å². The molecule has 152 valence electrons. The van der Waals surface area contributed by atoms with E-state index >= 15 is 0 Å². The molecule has 0 heterocycles. The number of allylic oxidation sites excluding steroid dienone is 2. The first-order chi connectivity index (χ1) is 13.1. The third kappa shape index (κ3) is 5.30. The fourth-order valence-corrected chi connectivity index (χ4v) is 2.63. The molecule has 0 aromatic heterocycles. The number of nitrogens with one attached hydrogen (secondary N) is 1. The average molecular weight is 403 g/mol. The van der Waals surface area contributed by atoms with Crippen molar-refractivity contribution in [3.8, 4) is 0 Å². The summed E-state index contributed by atoms with van der Waals surface area (Å²) >= 11 is 0. The predicted molar refractivity (Wildman–Crippen MR) is 89.3 cm³/mol. The topological polar surface area (TPSA) is 92.7 Å². The van der Waals surface area contributed by atoms with Gasteiger partial charge in [-0.2, -0.15) is 8.78 Å². The van der Waals surface area contributed by atoms with Crippen LogP contribution in [0.4, 0.5) is 23.2 Å². The number of alkyl halides is 4. The number of carbonyl (C=O) groups excluding carboxylic acids is 2. The molecular weight excluding hydrogens is 386 g/mol. The van der Waals surface area contributed by atoms with Crippen LogP contribution in [0.1, 0.15) is 23.2 Å². The maximum Gasteiger partial charge on any atom is 0.340 e. The Morgan fingerprint density at radius 3 is 2.21 bits per heavy atom. The highest BCUT2D eigenvalue weighted by Crippen LogP contribution is 2.30. The van der Waals surface area contributed by atoms with Gasteiger partial charge >= 0.3 is 24.3 Å². The molecule has 10 heteroatoms. The Hall–Kier alpha value is -2.91. The van der Waals surface area contributed by atoms with Crippen molar-refractivity contribution < 1.29 is 41.8 Å². The molecule has 0 aliphatic heterocycles. The summed E-state index contributed by atoms with van der Waals surface area (Å²) in [5.41, 5.74) is 0.293. The molecule has 2 atom stereocenters. The van der Waals surface area contributed by atoms with Crippen LogP contribution in [0.25, 0.3) is 0 Å². The van der Waals surface area contributed by atoms with Crippen LogP contribution in [0.3, 0.4) is 0 Å². The summed E-state index contributed by atoms with van der Waals surface area (Å²) in [5, 5.41) is 11.4. The van der Waals surface area contributed by atoms with Crippen LogP contribution < -0.4 is 5.32 Å². The molecule has 1 aliphatic rings. The largest absolute Gasteiger partial charge is 0.478 e. The molecular formula is C18H17F4NO5. The monoisotopic (exact) mass is 403 g/mol. The standard InChI is InChI=1S/C18H17F4NO5/c19-17(20)18(21,22)9-28-16(27)13-4-2-1-3-12(13)14(24)23-11-7-5-10(6-8-11)15(25)26/h1-2,5-8,12-13,17H,3-4,9H2,(H,23,24)(H,25,26)/t12-,13+/m1/s1. The zero-order chi connectivity index (χ0) is 20.9. The van der Waals surface area contributed by atoms with E-state index in [0.29, 0.717) is 0 Å². The second-order valence-corrected chi connectivity index (χ2v) is 6.20. The highest BCUT2D eigenvalue weighted by atomic mass is 19.3. The van der Waals surface area contributed by atoms with Gasteiger partial charge in [0.2, 0.25) is 5.91 Å². The van der Waals surface area contributed by atoms with E-state index in [2.05, 4.69) is 10.1 Å². The number of carbonyl (C=O) groups is 3. The SMILES string of the molecule is O=C(O)c1ccc(NC(=O)[C@@H]2CC=CC[C@@H]2C(=O)OCC(F)(F)C(F)F)cc1. The van der Waals surface area contributed by atoms with Crippen molar-refractivity contribution in [1.82, 2.24) is 0 Å². The van der Waals surface area contributed by atoms with Crippen LogP contribution in [0, 0.1) is 11.8 Å². The number of ether oxygens (including phenoxy) is 1. The molecule has 0 radical (unpaired) electrons. The van der Waals surface area contributed by atoms with Crippen LogP contribution >= 0.6 is 0 Å². The number of hydrogen-bond donors (Lipinski definition) is 2. The lowest BCUT2D eigenvalue weighted by molar-refractivity contribution is -0.184. The molecule has 0 spiro atoms. The Morgan fingerprint density at radius 2 is 1.68 bits per heavy atom. The molecule has 1 amide bonds. The van der Waals surface area contributed by atoms with Gasteiger partial charge in [0.25, 0.3) is 0 Å². The van der Waals surface area contributed by atoms with E-state index < -0.39 is 48.6 Å². The number of amides is 1. The van der Waals surface area contributed by atoms with Crippen molar-refractivity contribution >= 4 is 23.5 Å². The molecule has 1 aliphatic carbocycles. The van der Waals surface area contributed by atoms with Crippen molar-refractivity contribution in [1.29, 1.82) is 0 Å². The first kappa shape index (κ1) is 21.4. The number of carboxylic acid groups (broad SMARTS) is 1. The Balaban J connectivity index is 2.03. The van der Waals surface area contributed by atoms with Crippen molar-refractivity contribution in [3.05, 3.63) is 42.0 Å². The number of rotatable bonds is 7. The number of carboxylic acids is 1. The number of esters is 1. The van der Waals surface area contributed by atoms with Crippen LogP contribution in [0.5, 0.6) is 0 Å². The smallest absolute Gasteiger partial charge is 0.340 e. The molecule has 6 nitrogen and oxygen atoms in total. The molecule has 1 aromatic carbocycles. The van der Waals surface area contributed by atoms with Crippen LogP contribution in [-0.4, -0.2) is 41.9 Å². The van der Waals surface area contributed by atoms with Gasteiger partial charge in [-0.05, 0) is 37.1 Å². The van der Waals surface area contributed by atoms with Gasteiger partial charge in [0.1, 0.15) is 0 Å². The van der Waals surface area contributed by atoms with Gasteiger partial charge in [-0.15, -0.1) is 0 Å². The summed E-state index contributed by atoms with van der Waals surface area (Å²) in [6.07, 6.45) is -0.601. The normalized spacial score (nSPS) is 19.3. The van der Waals surface area contributed by atoms with E-state index in [0.717, 1.165) is 0 Å². The van der Waals surface area contributed by atoms with Gasteiger partial charge in [-0.25, -0.2) is 13.6 Å². The zero-order valence-electron chi connectivity index (χ0n) is 14.4. The van der Waals surface area contributed by atoms with Gasteiger partial charge in [-0.1, -0.05) is 12.2 Å². The second kappa shape index (κ2) is 8.85. The third-order valence-electron chi connectivity index (χ3n) is 4.20. The molecule has 0 unspecified atom stereocenters. The number of hydrogen-bond acceptors (Lipinski definition) is 4. The minimum atomic E-state index is -4.47. The van der Waals surface area contributed by atoms with E-state index in [1.165, 1.54) is 24.3 Å². The fourth-order valence-electron chi connectivity index (χ4n) is 2.63. The summed E-state index contributed by atoms with van der Waals surface area (Å²) in [6.45, 7) is -1.77. The van der Waals surface area contributed by atoms with Crippen molar-refractivity contribution in [3.63, 3.8) is 0 Å². The Labute approximate surface area is 157 Å². The van der Waals surface area contributed by atoms with Crippen molar-refractivity contribution in [2.24, 2.45) is 11.8 Å². The Morgan fingerprint density at radius 1 is 1.11 bits per heavy atom. The molecule has 1 aromatic rings. The van der Waals surface area contributed by atoms with Crippen LogP contribution in [-0.2, 0) is 14.3 Å². The van der Waals surface area contributed by atoms with E-state index in [9.17, 15) is 31.9 Å². The molecule has 0 bridgehead atoms. The highest BCUT2D eigenvalue weighted by molar-refractivity contribution is 5.96. The Bertz CT molecular complexity index is 764. The van der Waals surface area contributed by atoms with E-state index in [-0.39, 0.29) is 24.1 Å². The minimum absolute atomic E-state index is 0.0139. The maximum absolute atomic E-state index is 12.9. The number of halogens is 4. The van der Waals surface area contributed by atoms with Crippen molar-refractivity contribution in [2.75, 3.05) is 11.9 Å². The maximum atomic E-state index is 12.9. The second-order valence-electron chi connectivity index (χ2n) is 6.20. The van der Waals surface area contributed by atoms with Gasteiger partial charge in [-0.3, -0.25) is 9.59 Å². The number of anilines is 1. The molecule has 2 rings (SSSR count). The Kier molecular flexibility index (Phi) is 6.76. The molecule has 2 N–H and O–H groups in total. The summed E-state index contributed by atoms with van der Waals surface area (Å²) in [4.78, 5) is 35.4. The highest BCUT2D eigenvalue weighted by Gasteiger charge is 2.43. The average Bonchev–Trinajstić information content (AvgIpc) is 2.66.